The lowest BCUT2D eigenvalue weighted by Crippen LogP contribution is -2.52. The number of carbonyl (C=O) groups is 3. The number of hydrogen-bond donors (Lipinski definition) is 4. The number of nitrogens with zero attached hydrogens (tertiary/aromatic N) is 2. The van der Waals surface area contributed by atoms with Gasteiger partial charge in [-0.25, -0.2) is 9.78 Å². The van der Waals surface area contributed by atoms with Crippen molar-refractivity contribution in [1.29, 1.82) is 0 Å². The molecule has 0 saturated heterocycles. The molecule has 0 radical (unpaired) electrons. The Morgan fingerprint density at radius 1 is 1.00 bits per heavy atom. The molecule has 284 valence electrons. The maximum absolute atomic E-state index is 14.2. The number of aliphatic hydroxyl groups is 1. The van der Waals surface area contributed by atoms with E-state index in [0.717, 1.165) is 44.6 Å². The Balaban J connectivity index is 1.29. The van der Waals surface area contributed by atoms with Crippen LogP contribution in [-0.2, 0) is 32.6 Å². The average molecular weight is 754 g/mol. The minimum atomic E-state index is -1.31. The number of nitrogens with one attached hydrogen (secondary N) is 3. The molecule has 2 amide bonds. The number of methoxy groups -OCH3 is 1. The fourth-order valence-corrected chi connectivity index (χ4v) is 8.98. The summed E-state index contributed by atoms with van der Waals surface area (Å²) in [6.07, 6.45) is 0.745. The standard InChI is InChI=1S/C43H39N5O8/c1-18(2)30-39-47-33-36(56-39)43-25-11-7-10-23(22-9-6-8-21-13-14-24(29(21)22)35-32(41(52)53-5)46-40(33)55-35)31(25)48-42(43)54-28-15-12-20(16-26(28)43)17-27(37(50)45-30)44-38(51)34(49)19(3)4/h6-12,14-16,18-19,27,30,34,42,48-49H,13,17H2,1-5H3,(H,44,51)(H,45,50)/t27?,30-,34-,42-,43?/m0/s1. The minimum Gasteiger partial charge on any atom is -0.469 e. The number of para-hydroxylation sites is 1. The smallest absolute Gasteiger partial charge is 0.360 e. The van der Waals surface area contributed by atoms with Crippen molar-refractivity contribution in [2.24, 2.45) is 11.8 Å². The van der Waals surface area contributed by atoms with Crippen molar-refractivity contribution in [3.8, 4) is 28.5 Å². The van der Waals surface area contributed by atoms with Crippen LogP contribution in [0.2, 0.25) is 0 Å². The number of ether oxygens (including phenoxy) is 2. The molecule has 2 unspecified atom stereocenters. The Hall–Kier alpha value is -6.21. The van der Waals surface area contributed by atoms with Crippen LogP contribution in [-0.4, -0.2) is 58.3 Å². The molecule has 13 nitrogen and oxygen atoms in total. The molecular weight excluding hydrogens is 714 g/mol. The largest absolute Gasteiger partial charge is 0.469 e. The van der Waals surface area contributed by atoms with Gasteiger partial charge in [0.1, 0.15) is 29.4 Å². The zero-order valence-corrected chi connectivity index (χ0v) is 31.4. The molecule has 5 aromatic rings. The molecule has 0 fully saturated rings. The summed E-state index contributed by atoms with van der Waals surface area (Å²) < 4.78 is 25.8. The average Bonchev–Trinajstić information content (AvgIpc) is 4.01. The van der Waals surface area contributed by atoms with Crippen molar-refractivity contribution in [1.82, 2.24) is 20.6 Å². The quantitative estimate of drug-likeness (QED) is 0.168. The Morgan fingerprint density at radius 2 is 1.80 bits per heavy atom. The highest BCUT2D eigenvalue weighted by Gasteiger charge is 2.62. The first-order valence-electron chi connectivity index (χ1n) is 18.9. The van der Waals surface area contributed by atoms with Crippen LogP contribution in [0.3, 0.4) is 0 Å². The summed E-state index contributed by atoms with van der Waals surface area (Å²) in [5, 5.41) is 20.3. The molecular formula is C43H39N5O8. The van der Waals surface area contributed by atoms with Gasteiger partial charge in [0, 0.05) is 34.4 Å². The number of carbonyl (C=O) groups excluding carboxylic acids is 3. The van der Waals surface area contributed by atoms with E-state index in [2.05, 4.69) is 40.2 Å². The van der Waals surface area contributed by atoms with Crippen molar-refractivity contribution in [2.45, 2.75) is 70.4 Å². The van der Waals surface area contributed by atoms with Gasteiger partial charge in [0.25, 0.3) is 0 Å². The second kappa shape index (κ2) is 12.1. The van der Waals surface area contributed by atoms with E-state index < -0.39 is 47.6 Å². The highest BCUT2D eigenvalue weighted by Crippen LogP contribution is 2.61. The molecule has 3 aromatic carbocycles. The topological polar surface area (TPSA) is 178 Å². The summed E-state index contributed by atoms with van der Waals surface area (Å²) in [7, 11) is 1.30. The van der Waals surface area contributed by atoms with Crippen molar-refractivity contribution >= 4 is 29.0 Å². The zero-order valence-electron chi connectivity index (χ0n) is 31.4. The predicted octanol–water partition coefficient (Wildman–Crippen LogP) is 5.43. The Morgan fingerprint density at radius 3 is 2.59 bits per heavy atom. The van der Waals surface area contributed by atoms with Gasteiger partial charge in [0.15, 0.2) is 29.1 Å². The molecule has 6 heterocycles. The van der Waals surface area contributed by atoms with Gasteiger partial charge in [-0.2, -0.15) is 4.98 Å². The van der Waals surface area contributed by atoms with E-state index in [1.54, 1.807) is 13.8 Å². The molecule has 56 heavy (non-hydrogen) atoms. The maximum Gasteiger partial charge on any atom is 0.360 e. The highest BCUT2D eigenvalue weighted by atomic mass is 16.5. The Kier molecular flexibility index (Phi) is 7.44. The second-order valence-electron chi connectivity index (χ2n) is 15.8. The van der Waals surface area contributed by atoms with Gasteiger partial charge in [-0.1, -0.05) is 82.3 Å². The normalized spacial score (nSPS) is 22.5. The van der Waals surface area contributed by atoms with Crippen LogP contribution < -0.4 is 20.7 Å². The number of fused-ring (bicyclic) bond motifs is 7. The third-order valence-corrected chi connectivity index (χ3v) is 11.8. The molecule has 10 rings (SSSR count). The lowest BCUT2D eigenvalue weighted by atomic mass is 9.72. The SMILES string of the molecule is COC(=O)c1nc2oc1C1=CCc3cccc(c31)-c1cccc3c1N[C@H]1Oc4ccc5cc4C31c1oc(nc1-2)[C@H](C(C)C)NC(=O)C(NC(=O)[C@@H](O)C(C)C)C5. The van der Waals surface area contributed by atoms with Gasteiger partial charge < -0.3 is 39.4 Å². The number of rotatable bonds is 5. The van der Waals surface area contributed by atoms with E-state index in [9.17, 15) is 19.5 Å². The number of amides is 2. The van der Waals surface area contributed by atoms with Gasteiger partial charge in [-0.3, -0.25) is 9.59 Å². The first-order valence-corrected chi connectivity index (χ1v) is 18.9. The van der Waals surface area contributed by atoms with E-state index in [1.807, 2.05) is 50.3 Å². The van der Waals surface area contributed by atoms with E-state index in [4.69, 9.17) is 28.3 Å². The van der Waals surface area contributed by atoms with Crippen LogP contribution in [0.1, 0.15) is 89.5 Å². The summed E-state index contributed by atoms with van der Waals surface area (Å²) in [5.74, 6) is -0.983. The zero-order chi connectivity index (χ0) is 38.8. The first kappa shape index (κ1) is 34.3. The van der Waals surface area contributed by atoms with Crippen molar-refractivity contribution in [2.75, 3.05) is 12.4 Å². The molecule has 10 bridgehead atoms. The number of anilines is 1. The molecule has 5 atom stereocenters. The fraction of sp³-hybridized carbons (Fsp3) is 0.326. The molecule has 4 N–H and O–H groups in total. The number of allylic oxidation sites excluding steroid dienone is 1. The highest BCUT2D eigenvalue weighted by molar-refractivity contribution is 6.01. The summed E-state index contributed by atoms with van der Waals surface area (Å²) in [4.78, 5) is 50.9. The van der Waals surface area contributed by atoms with E-state index in [1.165, 1.54) is 7.11 Å². The van der Waals surface area contributed by atoms with Gasteiger partial charge in [-0.05, 0) is 46.6 Å². The number of oxazole rings is 2. The van der Waals surface area contributed by atoms with Crippen molar-refractivity contribution in [3.63, 3.8) is 0 Å². The van der Waals surface area contributed by atoms with Crippen LogP contribution in [0.25, 0.3) is 28.3 Å². The number of hydrogen-bond acceptors (Lipinski definition) is 11. The molecule has 1 aliphatic carbocycles. The van der Waals surface area contributed by atoms with Gasteiger partial charge in [0.2, 0.25) is 23.6 Å². The molecule has 1 spiro atoms. The van der Waals surface area contributed by atoms with Crippen LogP contribution in [0, 0.1) is 11.8 Å². The number of aliphatic hydroxyl groups excluding tert-OH is 1. The first-order chi connectivity index (χ1) is 27.0. The second-order valence-corrected chi connectivity index (χ2v) is 15.8. The molecule has 5 aliphatic rings. The number of aromatic nitrogens is 2. The fourth-order valence-electron chi connectivity index (χ4n) is 8.98. The van der Waals surface area contributed by atoms with Crippen molar-refractivity contribution < 1.29 is 37.8 Å². The molecule has 13 heteroatoms. The summed E-state index contributed by atoms with van der Waals surface area (Å²) in [5.41, 5.74) is 6.83. The van der Waals surface area contributed by atoms with Crippen LogP contribution >= 0.6 is 0 Å². The maximum atomic E-state index is 14.2. The van der Waals surface area contributed by atoms with E-state index in [0.29, 0.717) is 23.5 Å². The lowest BCUT2D eigenvalue weighted by molar-refractivity contribution is -0.135. The van der Waals surface area contributed by atoms with Crippen LogP contribution in [0.15, 0.2) is 69.5 Å². The molecule has 0 saturated carbocycles. The van der Waals surface area contributed by atoms with E-state index in [-0.39, 0.29) is 47.2 Å². The van der Waals surface area contributed by atoms with E-state index >= 15 is 0 Å². The minimum absolute atomic E-state index is 0.00183. The molecule has 4 aliphatic heterocycles. The number of esters is 1. The summed E-state index contributed by atoms with van der Waals surface area (Å²) >= 11 is 0. The predicted molar refractivity (Wildman–Crippen MR) is 203 cm³/mol. The van der Waals surface area contributed by atoms with Gasteiger partial charge in [-0.15, -0.1) is 0 Å². The van der Waals surface area contributed by atoms with Gasteiger partial charge in [0.05, 0.1) is 7.11 Å². The van der Waals surface area contributed by atoms with Gasteiger partial charge >= 0.3 is 5.97 Å². The Labute approximate surface area is 321 Å². The lowest BCUT2D eigenvalue weighted by Gasteiger charge is -2.29. The third-order valence-electron chi connectivity index (χ3n) is 11.8. The summed E-state index contributed by atoms with van der Waals surface area (Å²) in [6.45, 7) is 7.33. The van der Waals surface area contributed by atoms with Crippen LogP contribution in [0.5, 0.6) is 5.75 Å². The molecule has 2 aromatic heterocycles. The monoisotopic (exact) mass is 753 g/mol. The van der Waals surface area contributed by atoms with Crippen LogP contribution in [0.4, 0.5) is 5.69 Å². The van der Waals surface area contributed by atoms with Crippen molar-refractivity contribution in [3.05, 3.63) is 112 Å². The summed E-state index contributed by atoms with van der Waals surface area (Å²) in [6, 6.07) is 16.2. The Bertz CT molecular complexity index is 2570. The number of benzene rings is 3. The third kappa shape index (κ3) is 4.66.